The molecule has 0 fully saturated rings. The molecule has 2 heterocycles. The highest BCUT2D eigenvalue weighted by atomic mass is 35.5. The van der Waals surface area contributed by atoms with Gasteiger partial charge in [0, 0.05) is 23.2 Å². The van der Waals surface area contributed by atoms with Crippen LogP contribution >= 0.6 is 11.6 Å². The number of nitrogens with one attached hydrogen (secondary N) is 1. The summed E-state index contributed by atoms with van der Waals surface area (Å²) < 4.78 is 17.6. The van der Waals surface area contributed by atoms with E-state index in [1.54, 1.807) is 65.5 Å². The molecule has 8 nitrogen and oxygen atoms in total. The predicted molar refractivity (Wildman–Crippen MR) is 123 cm³/mol. The van der Waals surface area contributed by atoms with E-state index in [2.05, 4.69) is 10.4 Å². The van der Waals surface area contributed by atoms with Gasteiger partial charge in [-0.05, 0) is 48.5 Å². The smallest absolute Gasteiger partial charge is 0.271 e. The average molecular weight is 468 g/mol. The molecule has 1 amide bonds. The van der Waals surface area contributed by atoms with Gasteiger partial charge in [0.15, 0.2) is 11.5 Å². The van der Waals surface area contributed by atoms with Crippen LogP contribution in [0.5, 0.6) is 11.5 Å². The van der Waals surface area contributed by atoms with Crippen LogP contribution in [0.3, 0.4) is 0 Å². The first-order valence-electron chi connectivity index (χ1n) is 10.1. The molecule has 2 N–H and O–H groups in total. The Morgan fingerprint density at radius 3 is 2.70 bits per heavy atom. The fraction of sp³-hybridized carbons (Fsp3) is 0.167. The number of aromatic nitrogens is 2. The Bertz CT molecular complexity index is 1250. The van der Waals surface area contributed by atoms with Gasteiger partial charge in [-0.3, -0.25) is 4.79 Å². The summed E-state index contributed by atoms with van der Waals surface area (Å²) in [6.07, 6.45) is 0.529. The van der Waals surface area contributed by atoms with Gasteiger partial charge in [-0.1, -0.05) is 17.7 Å². The van der Waals surface area contributed by atoms with Gasteiger partial charge in [-0.15, -0.1) is 0 Å². The summed E-state index contributed by atoms with van der Waals surface area (Å²) in [4.78, 5) is 12.9. The fourth-order valence-electron chi connectivity index (χ4n) is 3.39. The largest absolute Gasteiger partial charge is 0.497 e. The number of carbonyl (C=O) groups excluding carboxylic acids is 1. The monoisotopic (exact) mass is 467 g/mol. The van der Waals surface area contributed by atoms with Crippen molar-refractivity contribution in [1.29, 1.82) is 0 Å². The summed E-state index contributed by atoms with van der Waals surface area (Å²) in [6, 6.07) is 17.3. The molecule has 2 aromatic heterocycles. The zero-order valence-corrected chi connectivity index (χ0v) is 18.7. The number of benzene rings is 2. The van der Waals surface area contributed by atoms with Crippen LogP contribution in [0.1, 0.15) is 22.2 Å². The van der Waals surface area contributed by atoms with Crippen LogP contribution in [0.2, 0.25) is 5.02 Å². The standard InChI is InChI=1S/C24H22ClN3O5/c1-31-17-8-9-22(32-2)18(12-17)21(29)14-26-24(30)19-13-20(23-7-4-10-33-23)28(27-19)16-6-3-5-15(25)11-16/h3-13,21,29H,14H2,1-2H3,(H,26,30). The molecule has 0 aliphatic carbocycles. The molecule has 4 rings (SSSR count). The summed E-state index contributed by atoms with van der Waals surface area (Å²) in [7, 11) is 3.04. The third kappa shape index (κ3) is 4.87. The number of amides is 1. The van der Waals surface area contributed by atoms with Crippen molar-refractivity contribution in [3.63, 3.8) is 0 Å². The van der Waals surface area contributed by atoms with Crippen molar-refractivity contribution in [3.8, 4) is 28.6 Å². The first-order valence-corrected chi connectivity index (χ1v) is 10.5. The Morgan fingerprint density at radius 1 is 1.15 bits per heavy atom. The van der Waals surface area contributed by atoms with Crippen molar-refractivity contribution < 1.29 is 23.8 Å². The number of methoxy groups -OCH3 is 2. The van der Waals surface area contributed by atoms with E-state index in [9.17, 15) is 9.90 Å². The van der Waals surface area contributed by atoms with Crippen molar-refractivity contribution >= 4 is 17.5 Å². The molecule has 1 unspecified atom stereocenters. The number of carbonyl (C=O) groups is 1. The molecule has 170 valence electrons. The molecule has 33 heavy (non-hydrogen) atoms. The molecule has 9 heteroatoms. The molecule has 1 atom stereocenters. The lowest BCUT2D eigenvalue weighted by molar-refractivity contribution is 0.0909. The summed E-state index contributed by atoms with van der Waals surface area (Å²) in [5.41, 5.74) is 1.92. The van der Waals surface area contributed by atoms with Crippen LogP contribution in [-0.4, -0.2) is 41.6 Å². The molecular formula is C24H22ClN3O5. The minimum Gasteiger partial charge on any atom is -0.497 e. The molecule has 0 saturated heterocycles. The lowest BCUT2D eigenvalue weighted by Gasteiger charge is -2.16. The molecule has 0 aliphatic rings. The Hall–Kier alpha value is -3.75. The summed E-state index contributed by atoms with van der Waals surface area (Å²) in [5.74, 6) is 1.15. The van der Waals surface area contributed by atoms with E-state index in [1.165, 1.54) is 14.2 Å². The van der Waals surface area contributed by atoms with Crippen molar-refractivity contribution in [2.75, 3.05) is 20.8 Å². The Labute approximate surface area is 195 Å². The zero-order valence-electron chi connectivity index (χ0n) is 18.0. The average Bonchev–Trinajstić information content (AvgIpc) is 3.52. The quantitative estimate of drug-likeness (QED) is 0.401. The number of nitrogens with zero attached hydrogens (tertiary/aromatic N) is 2. The SMILES string of the molecule is COc1ccc(OC)c(C(O)CNC(=O)c2cc(-c3ccco3)n(-c3cccc(Cl)c3)n2)c1. The van der Waals surface area contributed by atoms with Gasteiger partial charge in [0.1, 0.15) is 23.3 Å². The molecule has 0 bridgehead atoms. The summed E-state index contributed by atoms with van der Waals surface area (Å²) in [6.45, 7) is -0.0531. The maximum absolute atomic E-state index is 12.9. The van der Waals surface area contributed by atoms with Gasteiger partial charge < -0.3 is 24.3 Å². The molecule has 0 spiro atoms. The minimum atomic E-state index is -1.02. The normalized spacial score (nSPS) is 11.8. The first kappa shape index (κ1) is 22.4. The zero-order chi connectivity index (χ0) is 23.4. The Kier molecular flexibility index (Phi) is 6.67. The van der Waals surface area contributed by atoms with E-state index in [-0.39, 0.29) is 12.2 Å². The number of halogens is 1. The Morgan fingerprint density at radius 2 is 2.00 bits per heavy atom. The summed E-state index contributed by atoms with van der Waals surface area (Å²) >= 11 is 6.14. The number of furan rings is 1. The van der Waals surface area contributed by atoms with E-state index in [0.29, 0.717) is 39.2 Å². The predicted octanol–water partition coefficient (Wildman–Crippen LogP) is 4.27. The van der Waals surface area contributed by atoms with Crippen LogP contribution in [0.4, 0.5) is 0 Å². The molecular weight excluding hydrogens is 446 g/mol. The maximum Gasteiger partial charge on any atom is 0.271 e. The van der Waals surface area contributed by atoms with E-state index in [4.69, 9.17) is 25.5 Å². The van der Waals surface area contributed by atoms with Gasteiger partial charge in [-0.2, -0.15) is 5.10 Å². The van der Waals surface area contributed by atoms with Crippen LogP contribution in [-0.2, 0) is 0 Å². The van der Waals surface area contributed by atoms with Gasteiger partial charge in [0.05, 0.1) is 26.2 Å². The van der Waals surface area contributed by atoms with Gasteiger partial charge >= 0.3 is 0 Å². The highest BCUT2D eigenvalue weighted by molar-refractivity contribution is 6.30. The van der Waals surface area contributed by atoms with Crippen molar-refractivity contribution in [3.05, 3.63) is 83.2 Å². The van der Waals surface area contributed by atoms with E-state index < -0.39 is 12.0 Å². The highest BCUT2D eigenvalue weighted by Gasteiger charge is 2.21. The van der Waals surface area contributed by atoms with Crippen molar-refractivity contribution in [2.45, 2.75) is 6.10 Å². The van der Waals surface area contributed by atoms with E-state index >= 15 is 0 Å². The lowest BCUT2D eigenvalue weighted by atomic mass is 10.1. The number of rotatable bonds is 8. The first-order chi connectivity index (χ1) is 16.0. The minimum absolute atomic E-state index is 0.0531. The second kappa shape index (κ2) is 9.81. The van der Waals surface area contributed by atoms with Crippen LogP contribution in [0.15, 0.2) is 71.3 Å². The van der Waals surface area contributed by atoms with Gasteiger partial charge in [0.25, 0.3) is 5.91 Å². The third-order valence-electron chi connectivity index (χ3n) is 5.02. The maximum atomic E-state index is 12.9. The fourth-order valence-corrected chi connectivity index (χ4v) is 3.57. The number of hydrogen-bond acceptors (Lipinski definition) is 6. The molecule has 0 radical (unpaired) electrons. The summed E-state index contributed by atoms with van der Waals surface area (Å²) in [5, 5.41) is 18.4. The van der Waals surface area contributed by atoms with Crippen molar-refractivity contribution in [2.24, 2.45) is 0 Å². The van der Waals surface area contributed by atoms with E-state index in [1.807, 2.05) is 6.07 Å². The molecule has 0 saturated carbocycles. The molecule has 0 aliphatic heterocycles. The lowest BCUT2D eigenvalue weighted by Crippen LogP contribution is -2.29. The number of aliphatic hydroxyl groups is 1. The van der Waals surface area contributed by atoms with Gasteiger partial charge in [0.2, 0.25) is 0 Å². The number of ether oxygens (including phenoxy) is 2. The molecule has 2 aromatic carbocycles. The topological polar surface area (TPSA) is 98.7 Å². The van der Waals surface area contributed by atoms with Crippen LogP contribution < -0.4 is 14.8 Å². The van der Waals surface area contributed by atoms with Crippen molar-refractivity contribution in [1.82, 2.24) is 15.1 Å². The third-order valence-corrected chi connectivity index (χ3v) is 5.26. The Balaban J connectivity index is 1.57. The van der Waals surface area contributed by atoms with Gasteiger partial charge in [-0.25, -0.2) is 4.68 Å². The van der Waals surface area contributed by atoms with E-state index in [0.717, 1.165) is 0 Å². The molecule has 4 aromatic rings. The van der Waals surface area contributed by atoms with Crippen LogP contribution in [0, 0.1) is 0 Å². The second-order valence-electron chi connectivity index (χ2n) is 7.12. The number of aliphatic hydroxyl groups excluding tert-OH is 1. The van der Waals surface area contributed by atoms with Crippen LogP contribution in [0.25, 0.3) is 17.1 Å². The highest BCUT2D eigenvalue weighted by Crippen LogP contribution is 2.29. The number of hydrogen-bond donors (Lipinski definition) is 2. The second-order valence-corrected chi connectivity index (χ2v) is 7.55.